The summed E-state index contributed by atoms with van der Waals surface area (Å²) in [6.07, 6.45) is 1.33. The Morgan fingerprint density at radius 3 is 2.38 bits per heavy atom. The molecule has 0 radical (unpaired) electrons. The van der Waals surface area contributed by atoms with Gasteiger partial charge < -0.3 is 16.4 Å². The normalized spacial score (nSPS) is 9.69. The van der Waals surface area contributed by atoms with Crippen molar-refractivity contribution in [3.8, 4) is 0 Å². The van der Waals surface area contributed by atoms with E-state index in [-0.39, 0.29) is 12.3 Å². The lowest BCUT2D eigenvalue weighted by atomic mass is 10.2. The van der Waals surface area contributed by atoms with Crippen molar-refractivity contribution in [3.05, 3.63) is 0 Å². The average molecular weight is 187 g/mol. The van der Waals surface area contributed by atoms with Gasteiger partial charge in [-0.05, 0) is 13.0 Å². The van der Waals surface area contributed by atoms with E-state index in [4.69, 9.17) is 11.5 Å². The third-order valence-corrected chi connectivity index (χ3v) is 1.71. The third-order valence-electron chi connectivity index (χ3n) is 1.71. The zero-order valence-corrected chi connectivity index (χ0v) is 7.95. The molecule has 76 valence electrons. The van der Waals surface area contributed by atoms with Crippen LogP contribution in [0, 0.1) is 0 Å². The number of carbonyl (C=O) groups is 2. The van der Waals surface area contributed by atoms with Gasteiger partial charge in [0.15, 0.2) is 0 Å². The number of nitrogens with two attached hydrogens (primary N) is 2. The molecule has 5 nitrogen and oxygen atoms in total. The van der Waals surface area contributed by atoms with Gasteiger partial charge in [-0.15, -0.1) is 0 Å². The van der Waals surface area contributed by atoms with E-state index in [1.807, 2.05) is 0 Å². The Hall–Kier alpha value is -1.10. The fourth-order valence-corrected chi connectivity index (χ4v) is 0.847. The molecule has 0 saturated carbocycles. The summed E-state index contributed by atoms with van der Waals surface area (Å²) in [6.45, 7) is 0.897. The predicted molar refractivity (Wildman–Crippen MR) is 49.7 cm³/mol. The van der Waals surface area contributed by atoms with Crippen LogP contribution in [0.1, 0.15) is 19.3 Å². The summed E-state index contributed by atoms with van der Waals surface area (Å²) >= 11 is 0. The van der Waals surface area contributed by atoms with Crippen LogP contribution in [-0.2, 0) is 9.59 Å². The van der Waals surface area contributed by atoms with Gasteiger partial charge in [-0.1, -0.05) is 0 Å². The van der Waals surface area contributed by atoms with E-state index in [1.54, 1.807) is 7.05 Å². The van der Waals surface area contributed by atoms with Crippen molar-refractivity contribution in [2.24, 2.45) is 11.5 Å². The maximum Gasteiger partial charge on any atom is 0.222 e. The molecule has 0 atom stereocenters. The smallest absolute Gasteiger partial charge is 0.222 e. The second-order valence-electron chi connectivity index (χ2n) is 2.92. The summed E-state index contributed by atoms with van der Waals surface area (Å²) in [7, 11) is 1.65. The molecule has 0 aliphatic rings. The van der Waals surface area contributed by atoms with E-state index in [2.05, 4.69) is 0 Å². The fourth-order valence-electron chi connectivity index (χ4n) is 0.847. The highest BCUT2D eigenvalue weighted by Gasteiger charge is 2.08. The molecule has 0 aromatic rings. The van der Waals surface area contributed by atoms with Crippen LogP contribution in [0.2, 0.25) is 0 Å². The zero-order valence-electron chi connectivity index (χ0n) is 7.95. The van der Waals surface area contributed by atoms with Gasteiger partial charge in [0.25, 0.3) is 0 Å². The van der Waals surface area contributed by atoms with Crippen molar-refractivity contribution in [2.45, 2.75) is 19.3 Å². The van der Waals surface area contributed by atoms with E-state index in [0.29, 0.717) is 25.9 Å². The predicted octanol–water partition coefficient (Wildman–Crippen LogP) is -0.941. The minimum Gasteiger partial charge on any atom is -0.370 e. The number of hydrogen-bond donors (Lipinski definition) is 2. The molecular formula is C8H17N3O2. The van der Waals surface area contributed by atoms with Crippen molar-refractivity contribution >= 4 is 11.8 Å². The summed E-state index contributed by atoms with van der Waals surface area (Å²) in [6, 6.07) is 0. The number of hydrogen-bond acceptors (Lipinski definition) is 3. The standard InChI is InChI=1S/C8H17N3O2/c1-11(6-4-7(10)12)8(13)3-2-5-9/h2-6,9H2,1H3,(H2,10,12). The lowest BCUT2D eigenvalue weighted by Gasteiger charge is -2.15. The molecule has 0 unspecified atom stereocenters. The van der Waals surface area contributed by atoms with Crippen molar-refractivity contribution in [1.82, 2.24) is 4.90 Å². The summed E-state index contributed by atoms with van der Waals surface area (Å²) in [4.78, 5) is 23.1. The van der Waals surface area contributed by atoms with Gasteiger partial charge in [0.2, 0.25) is 11.8 Å². The topological polar surface area (TPSA) is 89.4 Å². The first-order chi connectivity index (χ1) is 6.07. The Kier molecular flexibility index (Phi) is 5.88. The quantitative estimate of drug-likeness (QED) is 0.562. The number of amides is 2. The molecule has 0 aliphatic heterocycles. The molecule has 0 spiro atoms. The van der Waals surface area contributed by atoms with Gasteiger partial charge in [0.05, 0.1) is 0 Å². The first-order valence-electron chi connectivity index (χ1n) is 4.30. The van der Waals surface area contributed by atoms with Gasteiger partial charge in [0, 0.05) is 26.4 Å². The van der Waals surface area contributed by atoms with E-state index >= 15 is 0 Å². The minimum absolute atomic E-state index is 0.00620. The van der Waals surface area contributed by atoms with Crippen LogP contribution in [0.25, 0.3) is 0 Å². The highest BCUT2D eigenvalue weighted by atomic mass is 16.2. The van der Waals surface area contributed by atoms with Crippen molar-refractivity contribution in [3.63, 3.8) is 0 Å². The second-order valence-corrected chi connectivity index (χ2v) is 2.92. The maximum absolute atomic E-state index is 11.2. The minimum atomic E-state index is -0.390. The van der Waals surface area contributed by atoms with Gasteiger partial charge in [-0.25, -0.2) is 0 Å². The SMILES string of the molecule is CN(CCC(N)=O)C(=O)CCCN. The molecule has 0 rings (SSSR count). The molecule has 4 N–H and O–H groups in total. The Morgan fingerprint density at radius 1 is 1.31 bits per heavy atom. The van der Waals surface area contributed by atoms with Crippen LogP contribution in [0.5, 0.6) is 0 Å². The van der Waals surface area contributed by atoms with Crippen LogP contribution in [0.15, 0.2) is 0 Å². The first-order valence-corrected chi connectivity index (χ1v) is 4.30. The van der Waals surface area contributed by atoms with E-state index < -0.39 is 5.91 Å². The highest BCUT2D eigenvalue weighted by Crippen LogP contribution is 1.95. The molecule has 0 saturated heterocycles. The maximum atomic E-state index is 11.2. The van der Waals surface area contributed by atoms with Crippen LogP contribution < -0.4 is 11.5 Å². The molecule has 0 bridgehead atoms. The summed E-state index contributed by atoms with van der Waals surface area (Å²) < 4.78 is 0. The average Bonchev–Trinajstić information content (AvgIpc) is 2.10. The molecule has 0 aromatic heterocycles. The second kappa shape index (κ2) is 6.42. The molecule has 0 fully saturated rings. The monoisotopic (exact) mass is 187 g/mol. The summed E-state index contributed by atoms with van der Waals surface area (Å²) in [5.41, 5.74) is 10.2. The molecule has 5 heteroatoms. The van der Waals surface area contributed by atoms with Gasteiger partial charge in [-0.3, -0.25) is 9.59 Å². The summed E-state index contributed by atoms with van der Waals surface area (Å²) in [5, 5.41) is 0. The number of rotatable bonds is 6. The molecular weight excluding hydrogens is 170 g/mol. The van der Waals surface area contributed by atoms with Gasteiger partial charge in [-0.2, -0.15) is 0 Å². The first kappa shape index (κ1) is 11.9. The molecule has 0 aliphatic carbocycles. The van der Waals surface area contributed by atoms with Crippen LogP contribution in [0.4, 0.5) is 0 Å². The highest BCUT2D eigenvalue weighted by molar-refractivity contribution is 5.77. The molecule has 0 aromatic carbocycles. The fraction of sp³-hybridized carbons (Fsp3) is 0.750. The Labute approximate surface area is 78.1 Å². The van der Waals surface area contributed by atoms with Crippen molar-refractivity contribution in [2.75, 3.05) is 20.1 Å². The lowest BCUT2D eigenvalue weighted by molar-refractivity contribution is -0.130. The van der Waals surface area contributed by atoms with Crippen LogP contribution in [0.3, 0.4) is 0 Å². The summed E-state index contributed by atoms with van der Waals surface area (Å²) in [5.74, 6) is -0.384. The number of carbonyl (C=O) groups excluding carboxylic acids is 2. The van der Waals surface area contributed by atoms with E-state index in [9.17, 15) is 9.59 Å². The lowest BCUT2D eigenvalue weighted by Crippen LogP contribution is -2.30. The Balaban J connectivity index is 3.62. The van der Waals surface area contributed by atoms with Crippen molar-refractivity contribution < 1.29 is 9.59 Å². The largest absolute Gasteiger partial charge is 0.370 e. The Morgan fingerprint density at radius 2 is 1.92 bits per heavy atom. The van der Waals surface area contributed by atoms with E-state index in [1.165, 1.54) is 4.90 Å². The molecule has 2 amide bonds. The number of nitrogens with zero attached hydrogens (tertiary/aromatic N) is 1. The van der Waals surface area contributed by atoms with Gasteiger partial charge in [0.1, 0.15) is 0 Å². The zero-order chi connectivity index (χ0) is 10.3. The molecule has 13 heavy (non-hydrogen) atoms. The number of primary amides is 1. The van der Waals surface area contributed by atoms with Gasteiger partial charge >= 0.3 is 0 Å². The van der Waals surface area contributed by atoms with Crippen LogP contribution >= 0.6 is 0 Å². The van der Waals surface area contributed by atoms with Crippen molar-refractivity contribution in [1.29, 1.82) is 0 Å². The van der Waals surface area contributed by atoms with Crippen LogP contribution in [-0.4, -0.2) is 36.9 Å². The van der Waals surface area contributed by atoms with E-state index in [0.717, 1.165) is 0 Å². The Bertz CT molecular complexity index is 182. The third kappa shape index (κ3) is 6.10. The molecule has 0 heterocycles.